The Morgan fingerprint density at radius 1 is 1.12 bits per heavy atom. The first-order valence-corrected chi connectivity index (χ1v) is 5.94. The molecule has 0 fully saturated rings. The molecule has 1 aliphatic carbocycles. The summed E-state index contributed by atoms with van der Waals surface area (Å²) in [5.74, 6) is 0. The zero-order valence-corrected chi connectivity index (χ0v) is 10.1. The molecule has 0 amide bonds. The standard InChI is InChI=1S/C12H7Cl2NO2/c13-10-7-4-2-1-3-6(7)8-5-9(16)17-15-12(8)11(10)14/h1-5,10-11H. The normalized spacial score (nSPS) is 21.8. The highest BCUT2D eigenvalue weighted by molar-refractivity contribution is 6.31. The summed E-state index contributed by atoms with van der Waals surface area (Å²) in [5, 5.41) is 2.88. The molecule has 86 valence electrons. The van der Waals surface area contributed by atoms with Crippen molar-refractivity contribution in [3.63, 3.8) is 0 Å². The van der Waals surface area contributed by atoms with E-state index in [2.05, 4.69) is 9.68 Å². The molecule has 0 aliphatic heterocycles. The van der Waals surface area contributed by atoms with Crippen molar-refractivity contribution in [3.05, 3.63) is 52.0 Å². The predicted molar refractivity (Wildman–Crippen MR) is 65.4 cm³/mol. The Morgan fingerprint density at radius 3 is 2.71 bits per heavy atom. The van der Waals surface area contributed by atoms with E-state index >= 15 is 0 Å². The lowest BCUT2D eigenvalue weighted by Crippen LogP contribution is -2.14. The second-order valence-electron chi connectivity index (χ2n) is 3.84. The van der Waals surface area contributed by atoms with Crippen LogP contribution in [0.5, 0.6) is 0 Å². The summed E-state index contributed by atoms with van der Waals surface area (Å²) in [4.78, 5) is 11.2. The third-order valence-corrected chi connectivity index (χ3v) is 3.91. The van der Waals surface area contributed by atoms with Crippen molar-refractivity contribution in [1.82, 2.24) is 5.16 Å². The van der Waals surface area contributed by atoms with Crippen LogP contribution in [0.2, 0.25) is 0 Å². The van der Waals surface area contributed by atoms with Crippen molar-refractivity contribution in [1.29, 1.82) is 0 Å². The minimum atomic E-state index is -0.495. The Balaban J connectivity index is 2.36. The molecule has 5 heteroatoms. The third kappa shape index (κ3) is 1.58. The monoisotopic (exact) mass is 267 g/mol. The second kappa shape index (κ2) is 3.86. The average Bonchev–Trinajstić information content (AvgIpc) is 2.36. The molecule has 0 saturated heterocycles. The van der Waals surface area contributed by atoms with Crippen molar-refractivity contribution in [3.8, 4) is 11.1 Å². The van der Waals surface area contributed by atoms with Crippen LogP contribution < -0.4 is 5.63 Å². The highest BCUT2D eigenvalue weighted by atomic mass is 35.5. The maximum Gasteiger partial charge on any atom is 0.359 e. The van der Waals surface area contributed by atoms with Gasteiger partial charge in [0.1, 0.15) is 11.1 Å². The van der Waals surface area contributed by atoms with E-state index in [9.17, 15) is 4.79 Å². The minimum absolute atomic E-state index is 0.374. The second-order valence-corrected chi connectivity index (χ2v) is 4.78. The van der Waals surface area contributed by atoms with Gasteiger partial charge < -0.3 is 4.52 Å². The highest BCUT2D eigenvalue weighted by Crippen LogP contribution is 2.49. The fourth-order valence-electron chi connectivity index (χ4n) is 2.06. The molecule has 0 saturated carbocycles. The summed E-state index contributed by atoms with van der Waals surface area (Å²) in [6.07, 6.45) is 0. The number of rotatable bonds is 0. The molecule has 0 bridgehead atoms. The van der Waals surface area contributed by atoms with E-state index in [1.54, 1.807) is 0 Å². The Morgan fingerprint density at radius 2 is 1.88 bits per heavy atom. The topological polar surface area (TPSA) is 43.1 Å². The predicted octanol–water partition coefficient (Wildman–Crippen LogP) is 3.28. The molecule has 0 radical (unpaired) electrons. The minimum Gasteiger partial charge on any atom is -0.313 e. The molecule has 17 heavy (non-hydrogen) atoms. The van der Waals surface area contributed by atoms with E-state index in [4.69, 9.17) is 23.2 Å². The molecular formula is C12H7Cl2NO2. The fraction of sp³-hybridized carbons (Fsp3) is 0.167. The Bertz CT molecular complexity index is 638. The lowest BCUT2D eigenvalue weighted by molar-refractivity contribution is 0.357. The van der Waals surface area contributed by atoms with E-state index in [0.29, 0.717) is 11.3 Å². The van der Waals surface area contributed by atoms with Gasteiger partial charge in [0.25, 0.3) is 0 Å². The van der Waals surface area contributed by atoms with Gasteiger partial charge in [-0.2, -0.15) is 0 Å². The quantitative estimate of drug-likeness (QED) is 0.688. The molecule has 0 spiro atoms. The van der Waals surface area contributed by atoms with E-state index in [-0.39, 0.29) is 5.38 Å². The zero-order chi connectivity index (χ0) is 12.0. The summed E-state index contributed by atoms with van der Waals surface area (Å²) >= 11 is 12.5. The van der Waals surface area contributed by atoms with E-state index in [0.717, 1.165) is 11.1 Å². The highest BCUT2D eigenvalue weighted by Gasteiger charge is 2.33. The van der Waals surface area contributed by atoms with Crippen LogP contribution in [-0.2, 0) is 0 Å². The van der Waals surface area contributed by atoms with Crippen LogP contribution in [0.15, 0.2) is 39.6 Å². The van der Waals surface area contributed by atoms with E-state index < -0.39 is 11.0 Å². The zero-order valence-electron chi connectivity index (χ0n) is 8.56. The molecule has 1 aliphatic rings. The van der Waals surface area contributed by atoms with Crippen molar-refractivity contribution in [2.45, 2.75) is 10.8 Å². The summed E-state index contributed by atoms with van der Waals surface area (Å²) < 4.78 is 4.61. The Kier molecular flexibility index (Phi) is 2.45. The molecule has 2 atom stereocenters. The van der Waals surface area contributed by atoms with Crippen LogP contribution in [0.25, 0.3) is 11.1 Å². The first-order chi connectivity index (χ1) is 8.18. The molecule has 2 unspecified atom stereocenters. The molecule has 3 nitrogen and oxygen atoms in total. The number of alkyl halides is 2. The van der Waals surface area contributed by atoms with Crippen LogP contribution in [0.4, 0.5) is 0 Å². The number of fused-ring (bicyclic) bond motifs is 3. The lowest BCUT2D eigenvalue weighted by Gasteiger charge is -2.25. The van der Waals surface area contributed by atoms with Crippen molar-refractivity contribution < 1.29 is 4.52 Å². The first kappa shape index (κ1) is 10.8. The van der Waals surface area contributed by atoms with Crippen molar-refractivity contribution in [2.24, 2.45) is 0 Å². The summed E-state index contributed by atoms with van der Waals surface area (Å²) in [5.41, 5.74) is 2.53. The smallest absolute Gasteiger partial charge is 0.313 e. The molecule has 1 heterocycles. The molecule has 1 aromatic heterocycles. The van der Waals surface area contributed by atoms with Gasteiger partial charge in [0.2, 0.25) is 0 Å². The van der Waals surface area contributed by atoms with Crippen molar-refractivity contribution >= 4 is 23.2 Å². The summed E-state index contributed by atoms with van der Waals surface area (Å²) in [6.45, 7) is 0. The van der Waals surface area contributed by atoms with E-state index in [1.807, 2.05) is 24.3 Å². The van der Waals surface area contributed by atoms with Crippen LogP contribution in [0.3, 0.4) is 0 Å². The summed E-state index contributed by atoms with van der Waals surface area (Å²) in [7, 11) is 0. The van der Waals surface area contributed by atoms with Gasteiger partial charge in [0, 0.05) is 11.6 Å². The maximum absolute atomic E-state index is 11.2. The number of aromatic nitrogens is 1. The van der Waals surface area contributed by atoms with Gasteiger partial charge in [-0.15, -0.1) is 23.2 Å². The van der Waals surface area contributed by atoms with Crippen LogP contribution in [0.1, 0.15) is 22.0 Å². The number of hydrogen-bond donors (Lipinski definition) is 0. The number of hydrogen-bond acceptors (Lipinski definition) is 3. The average molecular weight is 268 g/mol. The molecule has 0 N–H and O–H groups in total. The maximum atomic E-state index is 11.2. The van der Waals surface area contributed by atoms with E-state index in [1.165, 1.54) is 6.07 Å². The molecule has 3 rings (SSSR count). The fourth-order valence-corrected chi connectivity index (χ4v) is 2.66. The van der Waals surface area contributed by atoms with Gasteiger partial charge in [-0.05, 0) is 11.1 Å². The SMILES string of the molecule is O=c1cc2c(no1)C(Cl)C(Cl)c1ccccc1-2. The largest absolute Gasteiger partial charge is 0.359 e. The van der Waals surface area contributed by atoms with Gasteiger partial charge >= 0.3 is 5.63 Å². The molecule has 1 aromatic carbocycles. The number of halogens is 2. The summed E-state index contributed by atoms with van der Waals surface area (Å²) in [6, 6.07) is 8.98. The van der Waals surface area contributed by atoms with Gasteiger partial charge in [-0.1, -0.05) is 29.4 Å². The van der Waals surface area contributed by atoms with Crippen LogP contribution in [-0.4, -0.2) is 5.16 Å². The van der Waals surface area contributed by atoms with Gasteiger partial charge in [-0.3, -0.25) is 0 Å². The first-order valence-electron chi connectivity index (χ1n) is 5.07. The van der Waals surface area contributed by atoms with Gasteiger partial charge in [-0.25, -0.2) is 4.79 Å². The molecule has 2 aromatic rings. The number of benzene rings is 1. The molecular weight excluding hydrogens is 261 g/mol. The number of nitrogens with zero attached hydrogens (tertiary/aromatic N) is 1. The van der Waals surface area contributed by atoms with Crippen LogP contribution in [0, 0.1) is 0 Å². The third-order valence-electron chi connectivity index (χ3n) is 2.84. The van der Waals surface area contributed by atoms with Crippen LogP contribution >= 0.6 is 23.2 Å². The Labute approximate surface area is 107 Å². The van der Waals surface area contributed by atoms with Gasteiger partial charge in [0.15, 0.2) is 0 Å². The van der Waals surface area contributed by atoms with Crippen molar-refractivity contribution in [2.75, 3.05) is 0 Å². The lowest BCUT2D eigenvalue weighted by atomic mass is 9.88. The Hall–Kier alpha value is -1.32. The van der Waals surface area contributed by atoms with Gasteiger partial charge in [0.05, 0.1) is 5.38 Å².